The zero-order valence-corrected chi connectivity index (χ0v) is 10.5. The molecule has 0 radical (unpaired) electrons. The van der Waals surface area contributed by atoms with Gasteiger partial charge in [-0.2, -0.15) is 0 Å². The molecule has 3 nitrogen and oxygen atoms in total. The molecule has 3 rings (SSSR count). The maximum atomic E-state index is 3.47. The predicted molar refractivity (Wildman–Crippen MR) is 71.2 cm³/mol. The summed E-state index contributed by atoms with van der Waals surface area (Å²) in [6, 6.07) is 9.51. The van der Waals surface area contributed by atoms with Crippen LogP contribution in [0.25, 0.3) is 10.9 Å². The molecule has 1 fully saturated rings. The van der Waals surface area contributed by atoms with E-state index in [1.165, 1.54) is 16.5 Å². The lowest BCUT2D eigenvalue weighted by molar-refractivity contribution is 0.202. The molecule has 2 aromatic rings. The number of aryl methyl sites for hydroxylation is 1. The first-order valence-corrected chi connectivity index (χ1v) is 6.21. The van der Waals surface area contributed by atoms with Gasteiger partial charge in [0.2, 0.25) is 0 Å². The predicted octanol–water partition coefficient (Wildman–Crippen LogP) is 1.75. The molecule has 1 atom stereocenters. The van der Waals surface area contributed by atoms with Gasteiger partial charge in [0.15, 0.2) is 0 Å². The van der Waals surface area contributed by atoms with Gasteiger partial charge in [0.1, 0.15) is 0 Å². The van der Waals surface area contributed by atoms with Gasteiger partial charge in [-0.15, -0.1) is 0 Å². The van der Waals surface area contributed by atoms with Crippen molar-refractivity contribution in [1.29, 1.82) is 0 Å². The Labute approximate surface area is 102 Å². The minimum absolute atomic E-state index is 0.508. The van der Waals surface area contributed by atoms with Gasteiger partial charge in [-0.05, 0) is 36.2 Å². The Bertz CT molecular complexity index is 529. The van der Waals surface area contributed by atoms with Gasteiger partial charge in [-0.3, -0.25) is 4.90 Å². The van der Waals surface area contributed by atoms with E-state index >= 15 is 0 Å². The Balaban J connectivity index is 1.99. The summed E-state index contributed by atoms with van der Waals surface area (Å²) in [5, 5.41) is 4.81. The van der Waals surface area contributed by atoms with Crippen molar-refractivity contribution >= 4 is 10.9 Å². The maximum absolute atomic E-state index is 3.47. The summed E-state index contributed by atoms with van der Waals surface area (Å²) in [6.45, 7) is 3.27. The van der Waals surface area contributed by atoms with Gasteiger partial charge in [0, 0.05) is 44.4 Å². The molecule has 1 aliphatic rings. The molecule has 1 aromatic heterocycles. The molecular formula is C14H19N3. The lowest BCUT2D eigenvalue weighted by Crippen LogP contribution is -2.43. The van der Waals surface area contributed by atoms with Gasteiger partial charge in [-0.1, -0.05) is 6.07 Å². The van der Waals surface area contributed by atoms with E-state index < -0.39 is 0 Å². The van der Waals surface area contributed by atoms with Crippen molar-refractivity contribution in [2.45, 2.75) is 6.04 Å². The Hall–Kier alpha value is -1.32. The molecule has 1 aromatic carbocycles. The van der Waals surface area contributed by atoms with E-state index in [1.807, 2.05) is 0 Å². The molecule has 90 valence electrons. The van der Waals surface area contributed by atoms with E-state index in [2.05, 4.69) is 59.3 Å². The number of benzene rings is 1. The summed E-state index contributed by atoms with van der Waals surface area (Å²) in [5.74, 6) is 0. The van der Waals surface area contributed by atoms with Crippen LogP contribution in [0.3, 0.4) is 0 Å². The third-order valence-corrected chi connectivity index (χ3v) is 3.81. The molecule has 0 amide bonds. The highest BCUT2D eigenvalue weighted by atomic mass is 15.2. The van der Waals surface area contributed by atoms with Gasteiger partial charge in [0.05, 0.1) is 0 Å². The van der Waals surface area contributed by atoms with E-state index in [4.69, 9.17) is 0 Å². The molecule has 1 aliphatic heterocycles. The summed E-state index contributed by atoms with van der Waals surface area (Å²) >= 11 is 0. The van der Waals surface area contributed by atoms with Crippen molar-refractivity contribution in [3.8, 4) is 0 Å². The molecule has 0 spiro atoms. The second-order valence-electron chi connectivity index (χ2n) is 4.95. The molecule has 1 N–H and O–H groups in total. The van der Waals surface area contributed by atoms with E-state index in [-0.39, 0.29) is 0 Å². The highest BCUT2D eigenvalue weighted by Crippen LogP contribution is 2.25. The van der Waals surface area contributed by atoms with Crippen LogP contribution in [0, 0.1) is 0 Å². The van der Waals surface area contributed by atoms with E-state index in [0.29, 0.717) is 6.04 Å². The van der Waals surface area contributed by atoms with Gasteiger partial charge >= 0.3 is 0 Å². The van der Waals surface area contributed by atoms with Crippen LogP contribution in [0.1, 0.15) is 11.6 Å². The number of fused-ring (bicyclic) bond motifs is 1. The van der Waals surface area contributed by atoms with E-state index in [9.17, 15) is 0 Å². The van der Waals surface area contributed by atoms with Crippen LogP contribution >= 0.6 is 0 Å². The van der Waals surface area contributed by atoms with E-state index in [1.54, 1.807) is 0 Å². The van der Waals surface area contributed by atoms with E-state index in [0.717, 1.165) is 19.6 Å². The van der Waals surface area contributed by atoms with Crippen molar-refractivity contribution < 1.29 is 0 Å². The lowest BCUT2D eigenvalue weighted by Gasteiger charge is -2.33. The van der Waals surface area contributed by atoms with Crippen LogP contribution < -0.4 is 5.32 Å². The van der Waals surface area contributed by atoms with Crippen molar-refractivity contribution in [2.75, 3.05) is 26.7 Å². The van der Waals surface area contributed by atoms with Crippen LogP contribution in [0.4, 0.5) is 0 Å². The van der Waals surface area contributed by atoms with Crippen molar-refractivity contribution in [2.24, 2.45) is 7.05 Å². The highest BCUT2D eigenvalue weighted by Gasteiger charge is 2.20. The Morgan fingerprint density at radius 1 is 1.24 bits per heavy atom. The average molecular weight is 229 g/mol. The number of hydrogen-bond donors (Lipinski definition) is 1. The highest BCUT2D eigenvalue weighted by molar-refractivity contribution is 5.80. The zero-order chi connectivity index (χ0) is 11.8. The van der Waals surface area contributed by atoms with Gasteiger partial charge < -0.3 is 9.88 Å². The normalized spacial score (nSPS) is 22.1. The standard InChI is InChI=1S/C14H19N3/c1-16-7-5-12-9-11(3-4-13(12)16)14-10-15-6-8-17(14)2/h3-5,7,9,14-15H,6,8,10H2,1-2H3. The van der Waals surface area contributed by atoms with Crippen molar-refractivity contribution in [3.05, 3.63) is 36.0 Å². The number of likely N-dealkylation sites (N-methyl/N-ethyl adjacent to an activating group) is 1. The van der Waals surface area contributed by atoms with Crippen LogP contribution in [0.5, 0.6) is 0 Å². The van der Waals surface area contributed by atoms with Crippen molar-refractivity contribution in [1.82, 2.24) is 14.8 Å². The number of piperazine rings is 1. The van der Waals surface area contributed by atoms with Gasteiger partial charge in [0.25, 0.3) is 0 Å². The molecule has 1 unspecified atom stereocenters. The minimum Gasteiger partial charge on any atom is -0.351 e. The number of hydrogen-bond acceptors (Lipinski definition) is 2. The summed E-state index contributed by atoms with van der Waals surface area (Å²) in [6.07, 6.45) is 2.12. The molecule has 17 heavy (non-hydrogen) atoms. The number of nitrogens with one attached hydrogen (secondary N) is 1. The fourth-order valence-corrected chi connectivity index (χ4v) is 2.69. The molecular weight excluding hydrogens is 210 g/mol. The molecule has 0 saturated carbocycles. The molecule has 3 heteroatoms. The maximum Gasteiger partial charge on any atom is 0.0477 e. The largest absolute Gasteiger partial charge is 0.351 e. The molecule has 0 aliphatic carbocycles. The van der Waals surface area contributed by atoms with Crippen LogP contribution in [-0.2, 0) is 7.05 Å². The van der Waals surface area contributed by atoms with Crippen LogP contribution in [-0.4, -0.2) is 36.1 Å². The summed E-state index contributed by atoms with van der Waals surface area (Å²) < 4.78 is 2.17. The quantitative estimate of drug-likeness (QED) is 0.804. The number of rotatable bonds is 1. The third-order valence-electron chi connectivity index (χ3n) is 3.81. The summed E-state index contributed by atoms with van der Waals surface area (Å²) in [7, 11) is 4.30. The molecule has 2 heterocycles. The van der Waals surface area contributed by atoms with Gasteiger partial charge in [-0.25, -0.2) is 0 Å². The summed E-state index contributed by atoms with van der Waals surface area (Å²) in [4.78, 5) is 2.43. The first-order valence-electron chi connectivity index (χ1n) is 6.21. The topological polar surface area (TPSA) is 20.2 Å². The monoisotopic (exact) mass is 229 g/mol. The second kappa shape index (κ2) is 4.17. The average Bonchev–Trinajstić information content (AvgIpc) is 2.71. The smallest absolute Gasteiger partial charge is 0.0477 e. The number of aromatic nitrogens is 1. The molecule has 1 saturated heterocycles. The first-order chi connectivity index (χ1) is 8.25. The first kappa shape index (κ1) is 10.8. The Morgan fingerprint density at radius 3 is 2.94 bits per heavy atom. The number of nitrogens with zero attached hydrogens (tertiary/aromatic N) is 2. The summed E-state index contributed by atoms with van der Waals surface area (Å²) in [5.41, 5.74) is 2.72. The molecule has 0 bridgehead atoms. The van der Waals surface area contributed by atoms with Crippen LogP contribution in [0.15, 0.2) is 30.5 Å². The SMILES string of the molecule is CN1CCNCC1c1ccc2c(ccn2C)c1. The Kier molecular flexibility index (Phi) is 2.65. The fourth-order valence-electron chi connectivity index (χ4n) is 2.69. The second-order valence-corrected chi connectivity index (χ2v) is 4.95. The fraction of sp³-hybridized carbons (Fsp3) is 0.429. The Morgan fingerprint density at radius 2 is 2.12 bits per heavy atom. The minimum atomic E-state index is 0.508. The zero-order valence-electron chi connectivity index (χ0n) is 10.5. The van der Waals surface area contributed by atoms with Crippen LogP contribution in [0.2, 0.25) is 0 Å². The van der Waals surface area contributed by atoms with Crippen molar-refractivity contribution in [3.63, 3.8) is 0 Å². The lowest BCUT2D eigenvalue weighted by atomic mass is 10.0. The third kappa shape index (κ3) is 1.85.